The van der Waals surface area contributed by atoms with E-state index >= 15 is 0 Å². The molecule has 1 aromatic heterocycles. The van der Waals surface area contributed by atoms with Gasteiger partial charge in [-0.2, -0.15) is 0 Å². The highest BCUT2D eigenvalue weighted by molar-refractivity contribution is 6.69. The number of oxime groups is 1. The van der Waals surface area contributed by atoms with Crippen LogP contribution in [0.2, 0.25) is 0 Å². The summed E-state index contributed by atoms with van der Waals surface area (Å²) >= 11 is 6.47. The van der Waals surface area contributed by atoms with E-state index in [-0.39, 0.29) is 11.3 Å². The number of halogens is 1. The predicted octanol–water partition coefficient (Wildman–Crippen LogP) is 5.67. The summed E-state index contributed by atoms with van der Waals surface area (Å²) in [7, 11) is 4.60. The van der Waals surface area contributed by atoms with Gasteiger partial charge >= 0.3 is 6.09 Å². The Hall–Kier alpha value is -3.72. The number of hydrogen-bond acceptors (Lipinski definition) is 8. The number of fused-ring (bicyclic) bond motifs is 1. The molecule has 0 unspecified atom stereocenters. The molecule has 1 saturated heterocycles. The molecule has 1 aliphatic heterocycles. The van der Waals surface area contributed by atoms with Crippen molar-refractivity contribution >= 4 is 39.4 Å². The van der Waals surface area contributed by atoms with Gasteiger partial charge in [-0.15, -0.1) is 0 Å². The first-order valence-corrected chi connectivity index (χ1v) is 12.3. The summed E-state index contributed by atoms with van der Waals surface area (Å²) in [4.78, 5) is 18.4. The van der Waals surface area contributed by atoms with Crippen molar-refractivity contribution in [2.45, 2.75) is 26.7 Å². The van der Waals surface area contributed by atoms with Crippen LogP contribution in [0.25, 0.3) is 16.5 Å². The van der Waals surface area contributed by atoms with E-state index in [1.54, 1.807) is 19.1 Å². The second-order valence-corrected chi connectivity index (χ2v) is 9.02. The van der Waals surface area contributed by atoms with Crippen molar-refractivity contribution in [3.8, 4) is 11.6 Å². The highest BCUT2D eigenvalue weighted by Gasteiger charge is 2.21. The Kier molecular flexibility index (Phi) is 8.23. The highest BCUT2D eigenvalue weighted by Crippen LogP contribution is 2.36. The fourth-order valence-electron chi connectivity index (χ4n) is 4.54. The molecule has 196 valence electrons. The van der Waals surface area contributed by atoms with E-state index in [9.17, 15) is 4.79 Å². The summed E-state index contributed by atoms with van der Waals surface area (Å²) in [5.41, 5.74) is 5.98. The van der Waals surface area contributed by atoms with Crippen LogP contribution in [0.4, 0.5) is 4.79 Å². The monoisotopic (exact) mass is 527 g/mol. The third-order valence-electron chi connectivity index (χ3n) is 6.24. The standard InChI is InChI=1S/C27H30ClN3O6/c1-16-12-18(14-21(23(16)33-3)25(28)29-35-5)20(8-6-7-9-31-10-11-36-27(31)32)19-13-17(2)24-22(15-19)26(34-4)30-37-24/h8,12-15H,6-7,9-11H2,1-5H3/b20-8+,29-25-. The first-order chi connectivity index (χ1) is 17.9. The van der Waals surface area contributed by atoms with E-state index in [0.717, 1.165) is 46.1 Å². The van der Waals surface area contributed by atoms with Gasteiger partial charge < -0.3 is 28.5 Å². The molecule has 2 aromatic carbocycles. The van der Waals surface area contributed by atoms with Crippen molar-refractivity contribution < 1.29 is 28.4 Å². The maximum absolute atomic E-state index is 11.8. The van der Waals surface area contributed by atoms with E-state index in [2.05, 4.69) is 22.5 Å². The molecule has 37 heavy (non-hydrogen) atoms. The topological polar surface area (TPSA) is 95.6 Å². The summed E-state index contributed by atoms with van der Waals surface area (Å²) in [6.07, 6.45) is 3.42. The molecule has 0 spiro atoms. The molecule has 0 bridgehead atoms. The Morgan fingerprint density at radius 2 is 1.89 bits per heavy atom. The number of aryl methyl sites for hydroxylation is 2. The van der Waals surface area contributed by atoms with Crippen LogP contribution in [-0.4, -0.2) is 62.3 Å². The van der Waals surface area contributed by atoms with Crippen LogP contribution in [0, 0.1) is 13.8 Å². The SMILES string of the molecule is CO/N=C(\Cl)c1cc(/C(=C\CCCN2CCOC2=O)c2cc(C)c3onc(OC)c3c2)cc(C)c1OC. The molecule has 0 radical (unpaired) electrons. The quantitative estimate of drug-likeness (QED) is 0.190. The molecule has 0 N–H and O–H groups in total. The van der Waals surface area contributed by atoms with E-state index in [0.29, 0.717) is 42.5 Å². The molecule has 0 atom stereocenters. The van der Waals surface area contributed by atoms with Crippen molar-refractivity contribution in [1.82, 2.24) is 10.1 Å². The number of unbranched alkanes of at least 4 members (excludes halogenated alkanes) is 1. The van der Waals surface area contributed by atoms with E-state index in [4.69, 9.17) is 35.2 Å². The normalized spacial score (nSPS) is 14.3. The van der Waals surface area contributed by atoms with Crippen LogP contribution in [0.1, 0.15) is 40.7 Å². The Morgan fingerprint density at radius 1 is 1.14 bits per heavy atom. The third kappa shape index (κ3) is 5.51. The van der Waals surface area contributed by atoms with Gasteiger partial charge in [-0.05, 0) is 83.9 Å². The predicted molar refractivity (Wildman–Crippen MR) is 142 cm³/mol. The van der Waals surface area contributed by atoms with Crippen LogP contribution >= 0.6 is 11.6 Å². The van der Waals surface area contributed by atoms with Gasteiger partial charge in [-0.25, -0.2) is 4.79 Å². The average Bonchev–Trinajstić information content (AvgIpc) is 3.49. The Bertz CT molecular complexity index is 1360. The zero-order valence-corrected chi connectivity index (χ0v) is 22.3. The van der Waals surface area contributed by atoms with Gasteiger partial charge in [-0.1, -0.05) is 22.8 Å². The zero-order valence-electron chi connectivity index (χ0n) is 21.6. The van der Waals surface area contributed by atoms with Crippen molar-refractivity contribution in [1.29, 1.82) is 0 Å². The molecule has 1 aliphatic rings. The largest absolute Gasteiger partial charge is 0.496 e. The molecule has 1 amide bonds. The second kappa shape index (κ2) is 11.6. The van der Waals surface area contributed by atoms with Crippen LogP contribution in [0.15, 0.2) is 40.0 Å². The molecule has 0 saturated carbocycles. The molecule has 3 aromatic rings. The minimum absolute atomic E-state index is 0.184. The maximum atomic E-state index is 11.8. The van der Waals surface area contributed by atoms with Crippen LogP contribution in [0.3, 0.4) is 0 Å². The summed E-state index contributed by atoms with van der Waals surface area (Å²) in [6, 6.07) is 8.05. The number of rotatable bonds is 10. The molecule has 1 fully saturated rings. The minimum Gasteiger partial charge on any atom is -0.496 e. The van der Waals surface area contributed by atoms with Gasteiger partial charge in [0.25, 0.3) is 5.88 Å². The number of benzene rings is 2. The molecule has 0 aliphatic carbocycles. The lowest BCUT2D eigenvalue weighted by Gasteiger charge is -2.16. The fraction of sp³-hybridized carbons (Fsp3) is 0.370. The van der Waals surface area contributed by atoms with Crippen molar-refractivity contribution in [3.63, 3.8) is 0 Å². The number of methoxy groups -OCH3 is 2. The van der Waals surface area contributed by atoms with E-state index in [1.807, 2.05) is 32.0 Å². The van der Waals surface area contributed by atoms with Gasteiger partial charge in [0.2, 0.25) is 0 Å². The fourth-order valence-corrected chi connectivity index (χ4v) is 4.75. The molecular weight excluding hydrogens is 498 g/mol. The molecular formula is C27H30ClN3O6. The number of amides is 1. The molecule has 9 nitrogen and oxygen atoms in total. The number of carbonyl (C=O) groups excluding carboxylic acids is 1. The summed E-state index contributed by atoms with van der Waals surface area (Å²) in [6.45, 7) is 5.62. The van der Waals surface area contributed by atoms with Gasteiger partial charge in [0.05, 0.1) is 31.7 Å². The first kappa shape index (κ1) is 26.3. The summed E-state index contributed by atoms with van der Waals surface area (Å²) in [5, 5.41) is 8.92. The van der Waals surface area contributed by atoms with Gasteiger partial charge in [0.1, 0.15) is 19.5 Å². The lowest BCUT2D eigenvalue weighted by Crippen LogP contribution is -2.25. The smallest absolute Gasteiger partial charge is 0.409 e. The minimum atomic E-state index is -0.257. The molecule has 4 rings (SSSR count). The Morgan fingerprint density at radius 3 is 2.57 bits per heavy atom. The summed E-state index contributed by atoms with van der Waals surface area (Å²) < 4.78 is 21.6. The van der Waals surface area contributed by atoms with Gasteiger partial charge in [0, 0.05) is 6.54 Å². The number of allylic oxidation sites excluding steroid dienone is 1. The van der Waals surface area contributed by atoms with Crippen molar-refractivity contribution in [2.24, 2.45) is 5.16 Å². The highest BCUT2D eigenvalue weighted by atomic mass is 35.5. The van der Waals surface area contributed by atoms with Crippen molar-refractivity contribution in [2.75, 3.05) is 41.0 Å². The number of cyclic esters (lactones) is 1. The maximum Gasteiger partial charge on any atom is 0.409 e. The Labute approximate surface area is 220 Å². The van der Waals surface area contributed by atoms with Gasteiger partial charge in [-0.3, -0.25) is 0 Å². The van der Waals surface area contributed by atoms with Crippen LogP contribution < -0.4 is 9.47 Å². The van der Waals surface area contributed by atoms with Crippen molar-refractivity contribution in [3.05, 3.63) is 58.2 Å². The van der Waals surface area contributed by atoms with E-state index < -0.39 is 0 Å². The number of ether oxygens (including phenoxy) is 3. The lowest BCUT2D eigenvalue weighted by molar-refractivity contribution is 0.158. The average molecular weight is 528 g/mol. The number of carbonyl (C=O) groups is 1. The van der Waals surface area contributed by atoms with Crippen LogP contribution in [-0.2, 0) is 9.57 Å². The number of nitrogens with zero attached hydrogens (tertiary/aromatic N) is 3. The number of aromatic nitrogens is 1. The summed E-state index contributed by atoms with van der Waals surface area (Å²) in [5.74, 6) is 1.04. The lowest BCUT2D eigenvalue weighted by atomic mass is 9.91. The number of hydrogen-bond donors (Lipinski definition) is 0. The molecule has 2 heterocycles. The zero-order chi connectivity index (χ0) is 26.5. The first-order valence-electron chi connectivity index (χ1n) is 11.9. The Balaban J connectivity index is 1.80. The molecule has 10 heteroatoms. The van der Waals surface area contributed by atoms with Crippen LogP contribution in [0.5, 0.6) is 11.6 Å². The third-order valence-corrected chi connectivity index (χ3v) is 6.51. The van der Waals surface area contributed by atoms with E-state index in [1.165, 1.54) is 7.11 Å². The second-order valence-electron chi connectivity index (χ2n) is 8.66. The van der Waals surface area contributed by atoms with Gasteiger partial charge in [0.15, 0.2) is 10.8 Å².